The Morgan fingerprint density at radius 1 is 1.14 bits per heavy atom. The number of halogens is 1. The summed E-state index contributed by atoms with van der Waals surface area (Å²) in [4.78, 5) is 30.4. The molecule has 5 rings (SSSR count). The molecule has 36 heavy (non-hydrogen) atoms. The summed E-state index contributed by atoms with van der Waals surface area (Å²) in [6.07, 6.45) is 7.08. The molecular weight excluding hydrogens is 463 g/mol. The molecule has 2 aliphatic rings. The van der Waals surface area contributed by atoms with Crippen molar-refractivity contribution in [1.29, 1.82) is 0 Å². The molecule has 10 heteroatoms. The highest BCUT2D eigenvalue weighted by molar-refractivity contribution is 6.00. The maximum absolute atomic E-state index is 15.1. The van der Waals surface area contributed by atoms with E-state index in [1.807, 2.05) is 0 Å². The predicted octanol–water partition coefficient (Wildman–Crippen LogP) is 3.04. The minimum atomic E-state index is -0.794. The SMILES string of the molecule is Cc1cc(-c2ccc(NC(=O)[C@@H](NC(=O)c3ccnn3C)C(C3CC3)C3CC3)nc2F)c(C)[n+]([O-])c1. The van der Waals surface area contributed by atoms with Crippen LogP contribution in [-0.4, -0.2) is 32.6 Å². The molecule has 3 heterocycles. The van der Waals surface area contributed by atoms with Gasteiger partial charge in [0.05, 0.1) is 5.56 Å². The molecule has 3 aromatic heterocycles. The van der Waals surface area contributed by atoms with E-state index < -0.39 is 17.9 Å². The van der Waals surface area contributed by atoms with Crippen molar-refractivity contribution in [3.63, 3.8) is 0 Å². The molecule has 0 unspecified atom stereocenters. The molecule has 2 N–H and O–H groups in total. The summed E-state index contributed by atoms with van der Waals surface area (Å²) < 4.78 is 17.2. The molecule has 2 amide bonds. The van der Waals surface area contributed by atoms with E-state index >= 15 is 4.39 Å². The molecule has 0 bridgehead atoms. The maximum atomic E-state index is 15.1. The average molecular weight is 493 g/mol. The van der Waals surface area contributed by atoms with Crippen LogP contribution in [0.5, 0.6) is 0 Å². The van der Waals surface area contributed by atoms with Crippen LogP contribution in [0.1, 0.15) is 47.4 Å². The normalized spacial score (nSPS) is 16.1. The van der Waals surface area contributed by atoms with Crippen molar-refractivity contribution in [1.82, 2.24) is 20.1 Å². The fraction of sp³-hybridized carbons (Fsp3) is 0.423. The van der Waals surface area contributed by atoms with Crippen molar-refractivity contribution < 1.29 is 18.7 Å². The Morgan fingerprint density at radius 3 is 2.42 bits per heavy atom. The van der Waals surface area contributed by atoms with Crippen LogP contribution in [0.3, 0.4) is 0 Å². The van der Waals surface area contributed by atoms with Gasteiger partial charge in [-0.2, -0.15) is 14.2 Å². The van der Waals surface area contributed by atoms with Crippen molar-refractivity contribution in [3.05, 3.63) is 64.8 Å². The van der Waals surface area contributed by atoms with Crippen molar-refractivity contribution in [2.24, 2.45) is 24.8 Å². The van der Waals surface area contributed by atoms with Crippen molar-refractivity contribution in [2.75, 3.05) is 5.32 Å². The van der Waals surface area contributed by atoms with Crippen LogP contribution in [0.25, 0.3) is 11.1 Å². The number of amides is 2. The fourth-order valence-electron chi connectivity index (χ4n) is 4.99. The van der Waals surface area contributed by atoms with E-state index in [9.17, 15) is 14.8 Å². The highest BCUT2D eigenvalue weighted by Crippen LogP contribution is 2.51. The standard InChI is InChI=1S/C26H29FN6O3/c1-14-12-19(15(2)33(36)13-14)18-8-9-21(29-24(18)27)30-26(35)23(22(16-4-5-16)17-6-7-17)31-25(34)20-10-11-28-32(20)3/h8-13,16-17,22-23H,4-7H2,1-3H3,(H,31,34)(H,29,30,35)/t23-/m0/s1. The van der Waals surface area contributed by atoms with Gasteiger partial charge < -0.3 is 15.8 Å². The van der Waals surface area contributed by atoms with Crippen LogP contribution in [-0.2, 0) is 11.8 Å². The minimum absolute atomic E-state index is 0.0220. The summed E-state index contributed by atoms with van der Waals surface area (Å²) in [6.45, 7) is 3.37. The number of nitrogens with zero attached hydrogens (tertiary/aromatic N) is 4. The van der Waals surface area contributed by atoms with Gasteiger partial charge in [0.1, 0.15) is 17.6 Å². The van der Waals surface area contributed by atoms with Gasteiger partial charge in [0.25, 0.3) is 5.91 Å². The van der Waals surface area contributed by atoms with Crippen molar-refractivity contribution in [3.8, 4) is 11.1 Å². The summed E-state index contributed by atoms with van der Waals surface area (Å²) in [7, 11) is 1.67. The maximum Gasteiger partial charge on any atom is 0.270 e. The zero-order valence-electron chi connectivity index (χ0n) is 20.5. The monoisotopic (exact) mass is 492 g/mol. The first kappa shape index (κ1) is 23.9. The van der Waals surface area contributed by atoms with Gasteiger partial charge in [0.15, 0.2) is 11.9 Å². The molecule has 2 aliphatic carbocycles. The Bertz CT molecular complexity index is 1320. The van der Waals surface area contributed by atoms with E-state index in [2.05, 4.69) is 20.7 Å². The topological polar surface area (TPSA) is 116 Å². The zero-order chi connectivity index (χ0) is 25.6. The molecular formula is C26H29FN6O3. The number of aryl methyl sites for hydroxylation is 2. The number of carbonyl (C=O) groups is 2. The van der Waals surface area contributed by atoms with E-state index in [0.717, 1.165) is 25.7 Å². The average Bonchev–Trinajstić information content (AvgIpc) is 3.76. The van der Waals surface area contributed by atoms with Crippen LogP contribution >= 0.6 is 0 Å². The van der Waals surface area contributed by atoms with Gasteiger partial charge in [0.2, 0.25) is 11.9 Å². The third-order valence-corrected chi connectivity index (χ3v) is 7.14. The highest BCUT2D eigenvalue weighted by Gasteiger charge is 2.48. The lowest BCUT2D eigenvalue weighted by molar-refractivity contribution is -0.612. The number of rotatable bonds is 8. The van der Waals surface area contributed by atoms with Gasteiger partial charge in [-0.05, 0) is 74.6 Å². The second kappa shape index (κ2) is 9.33. The Kier molecular flexibility index (Phi) is 6.19. The summed E-state index contributed by atoms with van der Waals surface area (Å²) in [5.41, 5.74) is 2.02. The molecule has 0 radical (unpaired) electrons. The third kappa shape index (κ3) is 4.80. The van der Waals surface area contributed by atoms with Gasteiger partial charge in [0, 0.05) is 31.3 Å². The van der Waals surface area contributed by atoms with Gasteiger partial charge in [-0.25, -0.2) is 4.98 Å². The number of aromatic nitrogens is 4. The summed E-state index contributed by atoms with van der Waals surface area (Å²) in [6, 6.07) is 5.57. The Hall–Kier alpha value is -3.82. The molecule has 1 atom stereocenters. The van der Waals surface area contributed by atoms with Gasteiger partial charge in [-0.1, -0.05) is 0 Å². The minimum Gasteiger partial charge on any atom is -0.618 e. The second-order valence-electron chi connectivity index (χ2n) is 9.91. The van der Waals surface area contributed by atoms with Gasteiger partial charge in [-0.3, -0.25) is 14.3 Å². The molecule has 2 saturated carbocycles. The first-order chi connectivity index (χ1) is 17.2. The van der Waals surface area contributed by atoms with Gasteiger partial charge in [-0.15, -0.1) is 0 Å². The number of nitrogens with one attached hydrogen (secondary N) is 2. The predicted molar refractivity (Wildman–Crippen MR) is 130 cm³/mol. The summed E-state index contributed by atoms with van der Waals surface area (Å²) >= 11 is 0. The van der Waals surface area contributed by atoms with E-state index in [1.54, 1.807) is 33.0 Å². The third-order valence-electron chi connectivity index (χ3n) is 7.14. The Labute approximate surface area is 208 Å². The molecule has 0 spiro atoms. The van der Waals surface area contributed by atoms with Crippen molar-refractivity contribution in [2.45, 2.75) is 45.6 Å². The van der Waals surface area contributed by atoms with E-state index in [0.29, 0.717) is 39.1 Å². The molecule has 0 saturated heterocycles. The summed E-state index contributed by atoms with van der Waals surface area (Å²) in [5.74, 6) is -0.751. The zero-order valence-corrected chi connectivity index (χ0v) is 20.5. The number of hydrogen-bond donors (Lipinski definition) is 2. The lowest BCUT2D eigenvalue weighted by Crippen LogP contribution is -2.50. The van der Waals surface area contributed by atoms with Crippen LogP contribution in [0.2, 0.25) is 0 Å². The van der Waals surface area contributed by atoms with Crippen LogP contribution in [0, 0.1) is 42.8 Å². The van der Waals surface area contributed by atoms with E-state index in [-0.39, 0.29) is 23.2 Å². The van der Waals surface area contributed by atoms with Crippen LogP contribution < -0.4 is 15.4 Å². The molecule has 2 fully saturated rings. The molecule has 3 aromatic rings. The smallest absolute Gasteiger partial charge is 0.270 e. The first-order valence-corrected chi connectivity index (χ1v) is 12.2. The lowest BCUT2D eigenvalue weighted by atomic mass is 9.88. The summed E-state index contributed by atoms with van der Waals surface area (Å²) in [5, 5.41) is 21.8. The largest absolute Gasteiger partial charge is 0.618 e. The van der Waals surface area contributed by atoms with E-state index in [4.69, 9.17) is 0 Å². The van der Waals surface area contributed by atoms with Crippen molar-refractivity contribution >= 4 is 17.6 Å². The highest BCUT2D eigenvalue weighted by atomic mass is 19.1. The second-order valence-corrected chi connectivity index (χ2v) is 9.91. The molecule has 188 valence electrons. The quantitative estimate of drug-likeness (QED) is 0.285. The molecule has 0 aromatic carbocycles. The number of carbonyl (C=O) groups excluding carboxylic acids is 2. The number of hydrogen-bond acceptors (Lipinski definition) is 5. The molecule has 9 nitrogen and oxygen atoms in total. The first-order valence-electron chi connectivity index (χ1n) is 12.2. The Balaban J connectivity index is 1.39. The lowest BCUT2D eigenvalue weighted by Gasteiger charge is -2.27. The number of anilines is 1. The molecule has 0 aliphatic heterocycles. The number of pyridine rings is 2. The van der Waals surface area contributed by atoms with Crippen LogP contribution in [0.15, 0.2) is 36.7 Å². The Morgan fingerprint density at radius 2 is 1.83 bits per heavy atom. The van der Waals surface area contributed by atoms with Gasteiger partial charge >= 0.3 is 0 Å². The van der Waals surface area contributed by atoms with E-state index in [1.165, 1.54) is 29.2 Å². The van der Waals surface area contributed by atoms with Crippen LogP contribution in [0.4, 0.5) is 10.2 Å². The fourth-order valence-corrected chi connectivity index (χ4v) is 4.99.